The van der Waals surface area contributed by atoms with E-state index in [1.165, 1.54) is 12.1 Å². The second kappa shape index (κ2) is 9.05. The Hall–Kier alpha value is -2.94. The maximum Gasteiger partial charge on any atom is 0.256 e. The van der Waals surface area contributed by atoms with Crippen LogP contribution in [0.5, 0.6) is 0 Å². The maximum atomic E-state index is 14.1. The minimum absolute atomic E-state index is 0.179. The number of carbonyl (C=O) groups is 1. The van der Waals surface area contributed by atoms with Crippen LogP contribution in [0.25, 0.3) is 0 Å². The van der Waals surface area contributed by atoms with Gasteiger partial charge < -0.3 is 10.2 Å². The normalized spacial score (nSPS) is 16.4. The fraction of sp³-hybridized carbons (Fsp3) is 0.364. The molecule has 2 aromatic heterocycles. The Labute approximate surface area is 183 Å². The summed E-state index contributed by atoms with van der Waals surface area (Å²) >= 11 is 1.55. The van der Waals surface area contributed by atoms with Gasteiger partial charge in [-0.05, 0) is 51.2 Å². The fourth-order valence-electron chi connectivity index (χ4n) is 3.87. The highest BCUT2D eigenvalue weighted by atomic mass is 32.1. The van der Waals surface area contributed by atoms with Gasteiger partial charge in [-0.3, -0.25) is 4.79 Å². The summed E-state index contributed by atoms with van der Waals surface area (Å²) in [7, 11) is 0. The molecular formula is C22H23F2N5OS. The van der Waals surface area contributed by atoms with Crippen molar-refractivity contribution in [1.29, 1.82) is 0 Å². The molecule has 162 valence electrons. The van der Waals surface area contributed by atoms with E-state index in [-0.39, 0.29) is 11.5 Å². The van der Waals surface area contributed by atoms with Crippen LogP contribution in [0, 0.1) is 31.4 Å². The molecule has 1 N–H and O–H groups in total. The lowest BCUT2D eigenvalue weighted by atomic mass is 9.92. The standard InChI is InChI=1S/C22H23F2N5OS/c1-13-11-25-22(31-13)28-19-10-16(26-14(2)27-19)9-15-5-4-8-29(12-15)21(30)17-6-3-7-18(23)20(17)24/h3,6-7,10-11,15H,4-5,8-9,12H2,1-2H3,(H,25,26,27,28)/t15-/m0/s1. The van der Waals surface area contributed by atoms with Crippen molar-refractivity contribution in [2.75, 3.05) is 18.4 Å². The zero-order valence-corrected chi connectivity index (χ0v) is 18.2. The summed E-state index contributed by atoms with van der Waals surface area (Å²) in [5.74, 6) is -1.05. The molecule has 4 rings (SSSR count). The number of benzene rings is 1. The molecule has 31 heavy (non-hydrogen) atoms. The molecule has 0 radical (unpaired) electrons. The first-order chi connectivity index (χ1) is 14.9. The zero-order chi connectivity index (χ0) is 22.0. The topological polar surface area (TPSA) is 71.0 Å². The number of thiazole rings is 1. The van der Waals surface area contributed by atoms with Crippen LogP contribution in [0.2, 0.25) is 0 Å². The predicted molar refractivity (Wildman–Crippen MR) is 116 cm³/mol. The SMILES string of the molecule is Cc1nc(C[C@@H]2CCCN(C(=O)c3cccc(F)c3F)C2)cc(Nc2ncc(C)s2)n1. The van der Waals surface area contributed by atoms with Gasteiger partial charge in [0.1, 0.15) is 11.6 Å². The highest BCUT2D eigenvalue weighted by Gasteiger charge is 2.27. The van der Waals surface area contributed by atoms with E-state index in [9.17, 15) is 13.6 Å². The van der Waals surface area contributed by atoms with Crippen LogP contribution >= 0.6 is 11.3 Å². The second-order valence-electron chi connectivity index (χ2n) is 7.76. The molecule has 0 spiro atoms. The van der Waals surface area contributed by atoms with Gasteiger partial charge in [0, 0.05) is 35.9 Å². The average molecular weight is 444 g/mol. The van der Waals surface area contributed by atoms with Gasteiger partial charge in [-0.1, -0.05) is 6.07 Å². The Bertz CT molecular complexity index is 1100. The molecule has 1 saturated heterocycles. The van der Waals surface area contributed by atoms with Crippen LogP contribution < -0.4 is 5.32 Å². The Kier molecular flexibility index (Phi) is 6.22. The molecule has 1 fully saturated rings. The molecule has 0 saturated carbocycles. The van der Waals surface area contributed by atoms with Gasteiger partial charge in [-0.2, -0.15) is 0 Å². The Morgan fingerprint density at radius 3 is 2.90 bits per heavy atom. The lowest BCUT2D eigenvalue weighted by Gasteiger charge is -2.33. The van der Waals surface area contributed by atoms with Crippen LogP contribution in [-0.2, 0) is 6.42 Å². The summed E-state index contributed by atoms with van der Waals surface area (Å²) in [5.41, 5.74) is 0.656. The number of piperidine rings is 1. The molecule has 1 aliphatic heterocycles. The van der Waals surface area contributed by atoms with Crippen LogP contribution in [0.1, 0.15) is 39.6 Å². The summed E-state index contributed by atoms with van der Waals surface area (Å²) in [6.07, 6.45) is 4.22. The van der Waals surface area contributed by atoms with Crippen molar-refractivity contribution in [3.05, 3.63) is 64.1 Å². The average Bonchev–Trinajstić information content (AvgIpc) is 3.14. The second-order valence-corrected chi connectivity index (χ2v) is 8.99. The van der Waals surface area contributed by atoms with Gasteiger partial charge in [-0.15, -0.1) is 11.3 Å². The zero-order valence-electron chi connectivity index (χ0n) is 17.4. The summed E-state index contributed by atoms with van der Waals surface area (Å²) in [5, 5.41) is 3.99. The number of amides is 1. The highest BCUT2D eigenvalue weighted by Crippen LogP contribution is 2.25. The molecule has 0 unspecified atom stereocenters. The number of nitrogens with one attached hydrogen (secondary N) is 1. The van der Waals surface area contributed by atoms with Crippen molar-refractivity contribution in [1.82, 2.24) is 19.9 Å². The first kappa shape index (κ1) is 21.3. The number of aromatic nitrogens is 3. The molecule has 1 aliphatic rings. The number of likely N-dealkylation sites (tertiary alicyclic amines) is 1. The number of rotatable bonds is 5. The lowest BCUT2D eigenvalue weighted by Crippen LogP contribution is -2.41. The molecule has 1 atom stereocenters. The number of aryl methyl sites for hydroxylation is 2. The first-order valence-corrected chi connectivity index (χ1v) is 11.0. The van der Waals surface area contributed by atoms with E-state index in [1.54, 1.807) is 22.4 Å². The summed E-state index contributed by atoms with van der Waals surface area (Å²) < 4.78 is 27.6. The molecule has 0 bridgehead atoms. The van der Waals surface area contributed by atoms with Gasteiger partial charge in [0.05, 0.1) is 5.56 Å². The van der Waals surface area contributed by atoms with Crippen molar-refractivity contribution in [3.8, 4) is 0 Å². The third-order valence-electron chi connectivity index (χ3n) is 5.23. The van der Waals surface area contributed by atoms with E-state index in [0.29, 0.717) is 31.2 Å². The summed E-state index contributed by atoms with van der Waals surface area (Å²) in [4.78, 5) is 28.8. The van der Waals surface area contributed by atoms with Crippen molar-refractivity contribution in [2.24, 2.45) is 5.92 Å². The first-order valence-electron chi connectivity index (χ1n) is 10.2. The van der Waals surface area contributed by atoms with Crippen molar-refractivity contribution in [3.63, 3.8) is 0 Å². The Morgan fingerprint density at radius 2 is 2.13 bits per heavy atom. The van der Waals surface area contributed by atoms with Gasteiger partial charge in [0.2, 0.25) is 0 Å². The third-order valence-corrected chi connectivity index (χ3v) is 6.06. The van der Waals surface area contributed by atoms with Crippen molar-refractivity contribution in [2.45, 2.75) is 33.1 Å². The smallest absolute Gasteiger partial charge is 0.256 e. The monoisotopic (exact) mass is 443 g/mol. The maximum absolute atomic E-state index is 14.1. The van der Waals surface area contributed by atoms with Gasteiger partial charge in [0.25, 0.3) is 5.91 Å². The highest BCUT2D eigenvalue weighted by molar-refractivity contribution is 7.15. The quantitative estimate of drug-likeness (QED) is 0.621. The van der Waals surface area contributed by atoms with E-state index < -0.39 is 17.5 Å². The molecule has 3 aromatic rings. The Morgan fingerprint density at radius 1 is 1.29 bits per heavy atom. The van der Waals surface area contributed by atoms with Crippen molar-refractivity contribution >= 4 is 28.2 Å². The van der Waals surface area contributed by atoms with Gasteiger partial charge >= 0.3 is 0 Å². The third kappa shape index (κ3) is 5.04. The molecular weight excluding hydrogens is 420 g/mol. The number of halogens is 2. The predicted octanol–water partition coefficient (Wildman–Crippen LogP) is 4.67. The largest absolute Gasteiger partial charge is 0.338 e. The number of hydrogen-bond donors (Lipinski definition) is 1. The van der Waals surface area contributed by atoms with Gasteiger partial charge in [0.15, 0.2) is 16.8 Å². The number of hydrogen-bond acceptors (Lipinski definition) is 6. The Balaban J connectivity index is 1.45. The van der Waals surface area contributed by atoms with Crippen LogP contribution in [0.4, 0.5) is 19.7 Å². The molecule has 9 heteroatoms. The molecule has 0 aliphatic carbocycles. The fourth-order valence-corrected chi connectivity index (χ4v) is 4.54. The number of carbonyl (C=O) groups excluding carboxylic acids is 1. The van der Waals surface area contributed by atoms with Crippen molar-refractivity contribution < 1.29 is 13.6 Å². The van der Waals surface area contributed by atoms with Gasteiger partial charge in [-0.25, -0.2) is 23.7 Å². The number of nitrogens with zero attached hydrogens (tertiary/aromatic N) is 4. The van der Waals surface area contributed by atoms with E-state index >= 15 is 0 Å². The molecule has 6 nitrogen and oxygen atoms in total. The minimum Gasteiger partial charge on any atom is -0.338 e. The molecule has 1 amide bonds. The van der Waals surface area contributed by atoms with E-state index in [1.807, 2.05) is 19.9 Å². The summed E-state index contributed by atoms with van der Waals surface area (Å²) in [6.45, 7) is 4.84. The minimum atomic E-state index is -1.09. The lowest BCUT2D eigenvalue weighted by molar-refractivity contribution is 0.0667. The van der Waals surface area contributed by atoms with Crippen LogP contribution in [-0.4, -0.2) is 38.8 Å². The van der Waals surface area contributed by atoms with E-state index in [4.69, 9.17) is 0 Å². The summed E-state index contributed by atoms with van der Waals surface area (Å²) in [6, 6.07) is 5.60. The van der Waals surface area contributed by atoms with Crippen LogP contribution in [0.15, 0.2) is 30.5 Å². The van der Waals surface area contributed by atoms with Crippen LogP contribution in [0.3, 0.4) is 0 Å². The van der Waals surface area contributed by atoms with E-state index in [0.717, 1.165) is 34.6 Å². The molecule has 3 heterocycles. The molecule has 1 aromatic carbocycles. The van der Waals surface area contributed by atoms with E-state index in [2.05, 4.69) is 20.3 Å². The number of anilines is 2.